The lowest BCUT2D eigenvalue weighted by Gasteiger charge is -2.09. The SMILES string of the molecule is C=N/C=C(F)\C=C/c1nc(-c2cccnc2)nc2ccc(-c3ccc(F)cc3)cc12. The molecular weight excluding hydrogens is 382 g/mol. The second-order valence-corrected chi connectivity index (χ2v) is 6.44. The minimum absolute atomic E-state index is 0.300. The van der Waals surface area contributed by atoms with Gasteiger partial charge in [0, 0.05) is 23.3 Å². The number of aromatic nitrogens is 3. The van der Waals surface area contributed by atoms with Crippen molar-refractivity contribution in [2.24, 2.45) is 4.99 Å². The molecule has 4 aromatic rings. The van der Waals surface area contributed by atoms with Gasteiger partial charge in [-0.3, -0.25) is 9.98 Å². The molecule has 0 fully saturated rings. The Bertz CT molecular complexity index is 1260. The van der Waals surface area contributed by atoms with Gasteiger partial charge in [0.2, 0.25) is 0 Å². The summed E-state index contributed by atoms with van der Waals surface area (Å²) in [5.41, 5.74) is 3.71. The van der Waals surface area contributed by atoms with Crippen LogP contribution < -0.4 is 0 Å². The molecule has 0 aliphatic heterocycles. The molecule has 0 unspecified atom stereocenters. The zero-order valence-electron chi connectivity index (χ0n) is 15.8. The van der Waals surface area contributed by atoms with E-state index in [1.807, 2.05) is 24.3 Å². The van der Waals surface area contributed by atoms with E-state index in [4.69, 9.17) is 0 Å². The Morgan fingerprint density at radius 1 is 0.967 bits per heavy atom. The lowest BCUT2D eigenvalue weighted by Crippen LogP contribution is -1.95. The van der Waals surface area contributed by atoms with Crippen LogP contribution in [-0.2, 0) is 0 Å². The van der Waals surface area contributed by atoms with Crippen LogP contribution in [0, 0.1) is 5.82 Å². The summed E-state index contributed by atoms with van der Waals surface area (Å²) in [5, 5.41) is 0.736. The number of allylic oxidation sites excluding steroid dienone is 2. The van der Waals surface area contributed by atoms with Crippen molar-refractivity contribution >= 4 is 23.7 Å². The molecule has 0 spiro atoms. The quantitative estimate of drug-likeness (QED) is 0.305. The summed E-state index contributed by atoms with van der Waals surface area (Å²) in [6.45, 7) is 3.25. The first-order chi connectivity index (χ1) is 14.6. The third kappa shape index (κ3) is 4.17. The Morgan fingerprint density at radius 2 is 1.77 bits per heavy atom. The molecule has 0 saturated heterocycles. The first-order valence-corrected chi connectivity index (χ1v) is 9.12. The molecule has 4 rings (SSSR count). The van der Waals surface area contributed by atoms with Crippen molar-refractivity contribution in [3.8, 4) is 22.5 Å². The Kier molecular flexibility index (Phi) is 5.48. The minimum Gasteiger partial charge on any atom is -0.269 e. The molecular formula is C24H16F2N4. The summed E-state index contributed by atoms with van der Waals surface area (Å²) in [6, 6.07) is 15.6. The van der Waals surface area contributed by atoms with Gasteiger partial charge in [0.15, 0.2) is 5.82 Å². The summed E-state index contributed by atoms with van der Waals surface area (Å²) in [6.07, 6.45) is 7.20. The van der Waals surface area contributed by atoms with E-state index in [1.165, 1.54) is 18.2 Å². The summed E-state index contributed by atoms with van der Waals surface area (Å²) >= 11 is 0. The Balaban J connectivity index is 1.89. The Hall–Kier alpha value is -4.06. The van der Waals surface area contributed by atoms with Gasteiger partial charge in [-0.2, -0.15) is 0 Å². The molecule has 0 bridgehead atoms. The molecule has 2 heterocycles. The van der Waals surface area contributed by atoms with E-state index in [-0.39, 0.29) is 5.82 Å². The molecule has 2 aromatic heterocycles. The fourth-order valence-electron chi connectivity index (χ4n) is 3.01. The summed E-state index contributed by atoms with van der Waals surface area (Å²) < 4.78 is 27.1. The summed E-state index contributed by atoms with van der Waals surface area (Å²) in [7, 11) is 0. The number of pyridine rings is 1. The van der Waals surface area contributed by atoms with Crippen LogP contribution in [-0.4, -0.2) is 21.7 Å². The van der Waals surface area contributed by atoms with Crippen molar-refractivity contribution in [1.29, 1.82) is 0 Å². The maximum atomic E-state index is 13.8. The molecule has 0 saturated carbocycles. The van der Waals surface area contributed by atoms with E-state index in [2.05, 4.69) is 26.7 Å². The molecule has 4 nitrogen and oxygen atoms in total. The zero-order chi connectivity index (χ0) is 20.9. The number of hydrogen-bond acceptors (Lipinski definition) is 4. The lowest BCUT2D eigenvalue weighted by atomic mass is 10.0. The highest BCUT2D eigenvalue weighted by molar-refractivity contribution is 5.91. The van der Waals surface area contributed by atoms with Gasteiger partial charge in [-0.1, -0.05) is 18.2 Å². The number of nitrogens with zero attached hydrogens (tertiary/aromatic N) is 4. The molecule has 0 amide bonds. The highest BCUT2D eigenvalue weighted by atomic mass is 19.1. The number of halogens is 2. The van der Waals surface area contributed by atoms with E-state index in [0.29, 0.717) is 17.0 Å². The van der Waals surface area contributed by atoms with Crippen LogP contribution in [0.1, 0.15) is 5.69 Å². The van der Waals surface area contributed by atoms with Crippen molar-refractivity contribution in [3.63, 3.8) is 0 Å². The Labute approximate surface area is 172 Å². The van der Waals surface area contributed by atoms with E-state index >= 15 is 0 Å². The van der Waals surface area contributed by atoms with Crippen molar-refractivity contribution in [1.82, 2.24) is 15.0 Å². The van der Waals surface area contributed by atoms with Crippen LogP contribution in [0.5, 0.6) is 0 Å². The summed E-state index contributed by atoms with van der Waals surface area (Å²) in [5.74, 6) is -0.365. The van der Waals surface area contributed by atoms with Gasteiger partial charge >= 0.3 is 0 Å². The van der Waals surface area contributed by atoms with Crippen LogP contribution in [0.25, 0.3) is 39.5 Å². The third-order valence-electron chi connectivity index (χ3n) is 4.44. The number of hydrogen-bond donors (Lipinski definition) is 0. The molecule has 0 aliphatic rings. The molecule has 0 N–H and O–H groups in total. The molecule has 0 atom stereocenters. The second-order valence-electron chi connectivity index (χ2n) is 6.44. The largest absolute Gasteiger partial charge is 0.269 e. The number of benzene rings is 2. The number of aliphatic imine (C=N–C) groups is 1. The topological polar surface area (TPSA) is 51.0 Å². The van der Waals surface area contributed by atoms with Crippen LogP contribution >= 0.6 is 0 Å². The van der Waals surface area contributed by atoms with Crippen LogP contribution in [0.2, 0.25) is 0 Å². The fraction of sp³-hybridized carbons (Fsp3) is 0. The lowest BCUT2D eigenvalue weighted by molar-refractivity contribution is 0.628. The van der Waals surface area contributed by atoms with Gasteiger partial charge in [0.1, 0.15) is 11.6 Å². The van der Waals surface area contributed by atoms with Crippen LogP contribution in [0.4, 0.5) is 8.78 Å². The van der Waals surface area contributed by atoms with Gasteiger partial charge in [-0.15, -0.1) is 0 Å². The average Bonchev–Trinajstić information content (AvgIpc) is 2.78. The van der Waals surface area contributed by atoms with E-state index in [9.17, 15) is 8.78 Å². The zero-order valence-corrected chi connectivity index (χ0v) is 15.8. The second kappa shape index (κ2) is 8.53. The smallest absolute Gasteiger partial charge is 0.161 e. The van der Waals surface area contributed by atoms with Gasteiger partial charge in [-0.25, -0.2) is 18.7 Å². The normalized spacial score (nSPS) is 11.9. The predicted octanol–water partition coefficient (Wildman–Crippen LogP) is 6.02. The van der Waals surface area contributed by atoms with Crippen molar-refractivity contribution in [3.05, 3.63) is 96.6 Å². The first-order valence-electron chi connectivity index (χ1n) is 9.12. The average molecular weight is 398 g/mol. The molecule has 6 heteroatoms. The number of rotatable bonds is 5. The van der Waals surface area contributed by atoms with E-state index in [1.54, 1.807) is 36.7 Å². The fourth-order valence-corrected chi connectivity index (χ4v) is 3.01. The highest BCUT2D eigenvalue weighted by Gasteiger charge is 2.10. The van der Waals surface area contributed by atoms with E-state index < -0.39 is 5.83 Å². The monoisotopic (exact) mass is 398 g/mol. The first kappa shape index (κ1) is 19.3. The molecule has 30 heavy (non-hydrogen) atoms. The van der Waals surface area contributed by atoms with Gasteiger partial charge in [0.25, 0.3) is 0 Å². The molecule has 146 valence electrons. The van der Waals surface area contributed by atoms with Crippen LogP contribution in [0.3, 0.4) is 0 Å². The number of fused-ring (bicyclic) bond motifs is 1. The molecule has 2 aromatic carbocycles. The minimum atomic E-state index is -0.547. The maximum Gasteiger partial charge on any atom is 0.161 e. The highest BCUT2D eigenvalue weighted by Crippen LogP contribution is 2.28. The summed E-state index contributed by atoms with van der Waals surface area (Å²) in [4.78, 5) is 16.8. The van der Waals surface area contributed by atoms with Crippen molar-refractivity contribution in [2.75, 3.05) is 0 Å². The van der Waals surface area contributed by atoms with Gasteiger partial charge in [-0.05, 0) is 66.4 Å². The van der Waals surface area contributed by atoms with Crippen molar-refractivity contribution < 1.29 is 8.78 Å². The standard InChI is InChI=1S/C24H16F2N4/c1-27-15-20(26)9-11-23-21-13-17(16-4-7-19(25)8-5-16)6-10-22(21)29-24(30-23)18-3-2-12-28-14-18/h2-15H,1H2/b11-9-,20-15+. The third-order valence-corrected chi connectivity index (χ3v) is 4.44. The molecule has 0 radical (unpaired) electrons. The predicted molar refractivity (Wildman–Crippen MR) is 116 cm³/mol. The van der Waals surface area contributed by atoms with Gasteiger partial charge in [0.05, 0.1) is 17.4 Å². The molecule has 0 aliphatic carbocycles. The Morgan fingerprint density at radius 3 is 2.50 bits per heavy atom. The van der Waals surface area contributed by atoms with E-state index in [0.717, 1.165) is 28.3 Å². The van der Waals surface area contributed by atoms with Crippen LogP contribution in [0.15, 0.2) is 90.1 Å². The van der Waals surface area contributed by atoms with Gasteiger partial charge < -0.3 is 0 Å². The van der Waals surface area contributed by atoms with Crippen molar-refractivity contribution in [2.45, 2.75) is 0 Å². The maximum absolute atomic E-state index is 13.8.